The van der Waals surface area contributed by atoms with E-state index in [-0.39, 0.29) is 18.7 Å². The van der Waals surface area contributed by atoms with E-state index in [1.807, 2.05) is 6.07 Å². The maximum Gasteiger partial charge on any atom is 0.411 e. The monoisotopic (exact) mass is 383 g/mol. The van der Waals surface area contributed by atoms with Crippen LogP contribution in [0.15, 0.2) is 30.3 Å². The Kier molecular flexibility index (Phi) is 5.95. The van der Waals surface area contributed by atoms with E-state index >= 15 is 0 Å². The molecule has 0 aliphatic carbocycles. The van der Waals surface area contributed by atoms with Gasteiger partial charge in [-0.1, -0.05) is 30.3 Å². The zero-order valence-electron chi connectivity index (χ0n) is 15.5. The molecule has 1 amide bonds. The third kappa shape index (κ3) is 4.97. The Morgan fingerprint density at radius 3 is 2.35 bits per heavy atom. The number of hydrogen-bond acceptors (Lipinski definition) is 6. The largest absolute Gasteiger partial charge is 0.467 e. The number of benzene rings is 1. The van der Waals surface area contributed by atoms with Crippen LogP contribution in [-0.2, 0) is 29.9 Å². The zero-order valence-corrected chi connectivity index (χ0v) is 16.3. The van der Waals surface area contributed by atoms with Crippen LogP contribution in [0, 0.1) is 0 Å². The second kappa shape index (κ2) is 7.65. The van der Waals surface area contributed by atoms with E-state index in [0.717, 1.165) is 4.90 Å². The molecule has 1 fully saturated rings. The molecule has 26 heavy (non-hydrogen) atoms. The van der Waals surface area contributed by atoms with Gasteiger partial charge in [-0.15, -0.1) is 0 Å². The quantitative estimate of drug-likeness (QED) is 0.740. The van der Waals surface area contributed by atoms with Crippen LogP contribution in [0.2, 0.25) is 0 Å². The topological polar surface area (TPSA) is 90.0 Å². The standard InChI is InChI=1S/C18H25NO6S/c1-18(2,3)25-17(21)19-11-14(10-15(19)16(20)24-4)26(22,23)12-13-8-6-5-7-9-13/h5-9,14-15H,10-12H2,1-4H3/t14-,15+/m1/s1. The molecule has 8 heteroatoms. The smallest absolute Gasteiger partial charge is 0.411 e. The summed E-state index contributed by atoms with van der Waals surface area (Å²) in [5.41, 5.74) is -0.0866. The van der Waals surface area contributed by atoms with E-state index in [2.05, 4.69) is 0 Å². The molecule has 0 radical (unpaired) electrons. The van der Waals surface area contributed by atoms with Gasteiger partial charge in [0, 0.05) is 6.54 Å². The lowest BCUT2D eigenvalue weighted by Crippen LogP contribution is -2.44. The van der Waals surface area contributed by atoms with Crippen LogP contribution < -0.4 is 0 Å². The Balaban J connectivity index is 2.21. The van der Waals surface area contributed by atoms with Crippen molar-refractivity contribution in [3.8, 4) is 0 Å². The fourth-order valence-electron chi connectivity index (χ4n) is 2.86. The Labute approximate surface area is 154 Å². The molecule has 1 heterocycles. The minimum absolute atomic E-state index is 0.00107. The third-order valence-corrected chi connectivity index (χ3v) is 6.18. The molecule has 2 atom stereocenters. The summed E-state index contributed by atoms with van der Waals surface area (Å²) in [7, 11) is -2.35. The molecule has 1 saturated heterocycles. The SMILES string of the molecule is COC(=O)[C@@H]1C[C@@H](S(=O)(=O)Cc2ccccc2)CN1C(=O)OC(C)(C)C. The highest BCUT2D eigenvalue weighted by Crippen LogP contribution is 2.28. The summed E-state index contributed by atoms with van der Waals surface area (Å²) in [5.74, 6) is -0.789. The summed E-state index contributed by atoms with van der Waals surface area (Å²) in [6, 6.07) is 7.84. The van der Waals surface area contributed by atoms with Crippen LogP contribution in [0.5, 0.6) is 0 Å². The number of amides is 1. The van der Waals surface area contributed by atoms with E-state index in [4.69, 9.17) is 9.47 Å². The molecule has 0 spiro atoms. The summed E-state index contributed by atoms with van der Waals surface area (Å²) in [6.45, 7) is 5.02. The van der Waals surface area contributed by atoms with Gasteiger partial charge in [0.05, 0.1) is 18.1 Å². The van der Waals surface area contributed by atoms with Crippen molar-refractivity contribution in [1.29, 1.82) is 0 Å². The predicted octanol–water partition coefficient (Wildman–Crippen LogP) is 2.15. The number of carbonyl (C=O) groups is 2. The number of esters is 1. The first kappa shape index (κ1) is 20.2. The van der Waals surface area contributed by atoms with E-state index in [9.17, 15) is 18.0 Å². The minimum Gasteiger partial charge on any atom is -0.467 e. The van der Waals surface area contributed by atoms with Crippen molar-refractivity contribution in [2.45, 2.75) is 49.8 Å². The maximum atomic E-state index is 12.8. The molecular formula is C18H25NO6S. The molecule has 144 valence electrons. The van der Waals surface area contributed by atoms with Gasteiger partial charge < -0.3 is 9.47 Å². The summed E-state index contributed by atoms with van der Waals surface area (Å²) in [6.07, 6.45) is -0.716. The number of methoxy groups -OCH3 is 1. The average Bonchev–Trinajstić information content (AvgIpc) is 2.99. The molecule has 2 rings (SSSR count). The van der Waals surface area contributed by atoms with Crippen LogP contribution >= 0.6 is 0 Å². The van der Waals surface area contributed by atoms with E-state index in [1.165, 1.54) is 7.11 Å². The molecular weight excluding hydrogens is 358 g/mol. The van der Waals surface area contributed by atoms with Gasteiger partial charge in [0.2, 0.25) is 0 Å². The van der Waals surface area contributed by atoms with Gasteiger partial charge in [-0.25, -0.2) is 18.0 Å². The predicted molar refractivity (Wildman–Crippen MR) is 96.2 cm³/mol. The Hall–Kier alpha value is -2.09. The van der Waals surface area contributed by atoms with Crippen LogP contribution in [0.4, 0.5) is 4.79 Å². The molecule has 7 nitrogen and oxygen atoms in total. The van der Waals surface area contributed by atoms with Gasteiger partial charge in [-0.2, -0.15) is 0 Å². The number of ether oxygens (including phenoxy) is 2. The molecule has 1 aromatic carbocycles. The van der Waals surface area contributed by atoms with E-state index < -0.39 is 38.8 Å². The number of likely N-dealkylation sites (tertiary alicyclic amines) is 1. The van der Waals surface area contributed by atoms with Crippen molar-refractivity contribution in [3.63, 3.8) is 0 Å². The number of nitrogens with zero attached hydrogens (tertiary/aromatic N) is 1. The van der Waals surface area contributed by atoms with Gasteiger partial charge in [0.15, 0.2) is 9.84 Å². The first-order valence-electron chi connectivity index (χ1n) is 8.36. The highest BCUT2D eigenvalue weighted by molar-refractivity contribution is 7.91. The lowest BCUT2D eigenvalue weighted by Gasteiger charge is -2.27. The molecule has 0 unspecified atom stereocenters. The summed E-state index contributed by atoms with van der Waals surface area (Å²) in [5, 5.41) is -0.848. The minimum atomic E-state index is -3.56. The lowest BCUT2D eigenvalue weighted by atomic mass is 10.2. The van der Waals surface area contributed by atoms with Crippen molar-refractivity contribution >= 4 is 21.9 Å². The van der Waals surface area contributed by atoms with Gasteiger partial charge in [0.25, 0.3) is 0 Å². The molecule has 0 saturated carbocycles. The zero-order chi connectivity index (χ0) is 19.5. The Bertz CT molecular complexity index is 754. The fraction of sp³-hybridized carbons (Fsp3) is 0.556. The molecule has 1 aromatic rings. The molecule has 0 aromatic heterocycles. The van der Waals surface area contributed by atoms with Gasteiger partial charge in [-0.3, -0.25) is 4.90 Å². The average molecular weight is 383 g/mol. The van der Waals surface area contributed by atoms with Crippen molar-refractivity contribution < 1.29 is 27.5 Å². The van der Waals surface area contributed by atoms with Gasteiger partial charge in [-0.05, 0) is 32.8 Å². The first-order chi connectivity index (χ1) is 12.0. The summed E-state index contributed by atoms with van der Waals surface area (Å²) < 4.78 is 35.6. The van der Waals surface area contributed by atoms with Crippen LogP contribution in [0.1, 0.15) is 32.8 Å². The highest BCUT2D eigenvalue weighted by atomic mass is 32.2. The van der Waals surface area contributed by atoms with Crippen molar-refractivity contribution in [2.24, 2.45) is 0 Å². The van der Waals surface area contributed by atoms with Gasteiger partial charge in [0.1, 0.15) is 11.6 Å². The second-order valence-electron chi connectivity index (χ2n) is 7.32. The molecule has 1 aliphatic rings. The van der Waals surface area contributed by atoms with Crippen molar-refractivity contribution in [1.82, 2.24) is 4.90 Å². The van der Waals surface area contributed by atoms with Crippen LogP contribution in [-0.4, -0.2) is 55.9 Å². The summed E-state index contributed by atoms with van der Waals surface area (Å²) >= 11 is 0. The highest BCUT2D eigenvalue weighted by Gasteiger charge is 2.46. The number of sulfone groups is 1. The molecule has 1 aliphatic heterocycles. The number of carbonyl (C=O) groups excluding carboxylic acids is 2. The Morgan fingerprint density at radius 1 is 1.19 bits per heavy atom. The molecule has 0 bridgehead atoms. The fourth-order valence-corrected chi connectivity index (χ4v) is 4.62. The second-order valence-corrected chi connectivity index (χ2v) is 9.60. The van der Waals surface area contributed by atoms with Gasteiger partial charge >= 0.3 is 12.1 Å². The normalized spacial score (nSPS) is 20.7. The third-order valence-electron chi connectivity index (χ3n) is 4.08. The van der Waals surface area contributed by atoms with Crippen LogP contribution in [0.25, 0.3) is 0 Å². The first-order valence-corrected chi connectivity index (χ1v) is 10.1. The Morgan fingerprint density at radius 2 is 1.81 bits per heavy atom. The lowest BCUT2D eigenvalue weighted by molar-refractivity contribution is -0.145. The van der Waals surface area contributed by atoms with E-state index in [1.54, 1.807) is 45.0 Å². The molecule has 0 N–H and O–H groups in total. The van der Waals surface area contributed by atoms with Crippen molar-refractivity contribution in [3.05, 3.63) is 35.9 Å². The maximum absolute atomic E-state index is 12.8. The van der Waals surface area contributed by atoms with Crippen molar-refractivity contribution in [2.75, 3.05) is 13.7 Å². The number of hydrogen-bond donors (Lipinski definition) is 0. The van der Waals surface area contributed by atoms with E-state index in [0.29, 0.717) is 5.56 Å². The number of rotatable bonds is 4. The van der Waals surface area contributed by atoms with Crippen LogP contribution in [0.3, 0.4) is 0 Å². The summed E-state index contributed by atoms with van der Waals surface area (Å²) in [4.78, 5) is 25.6.